The van der Waals surface area contributed by atoms with Crippen molar-refractivity contribution >= 4 is 11.8 Å². The van der Waals surface area contributed by atoms with Crippen LogP contribution in [-0.4, -0.2) is 22.6 Å². The molecule has 0 aliphatic carbocycles. The molecule has 0 radical (unpaired) electrons. The minimum atomic E-state index is -0.428. The standard InChI is InChI=1S/C12H21FN4/c1-6-14-11-15-7-9(13)10(17-11)16-8(2)12(3,4)5/h7-8H,6H2,1-5H3,(H2,14,15,16,17). The third-order valence-electron chi connectivity index (χ3n) is 2.73. The normalized spacial score (nSPS) is 13.3. The SMILES string of the molecule is CCNc1ncc(F)c(NC(C)C(C)(C)C)n1. The number of nitrogens with zero attached hydrogens (tertiary/aromatic N) is 2. The van der Waals surface area contributed by atoms with E-state index in [0.717, 1.165) is 0 Å². The van der Waals surface area contributed by atoms with Crippen LogP contribution in [0.25, 0.3) is 0 Å². The topological polar surface area (TPSA) is 49.8 Å². The maximum atomic E-state index is 13.5. The van der Waals surface area contributed by atoms with Gasteiger partial charge < -0.3 is 10.6 Å². The fourth-order valence-corrected chi connectivity index (χ4v) is 1.13. The van der Waals surface area contributed by atoms with E-state index in [9.17, 15) is 4.39 Å². The fraction of sp³-hybridized carbons (Fsp3) is 0.667. The average Bonchev–Trinajstić information content (AvgIpc) is 2.22. The van der Waals surface area contributed by atoms with E-state index in [-0.39, 0.29) is 17.3 Å². The molecule has 1 atom stereocenters. The summed E-state index contributed by atoms with van der Waals surface area (Å²) in [5, 5.41) is 6.04. The molecule has 0 aliphatic heterocycles. The summed E-state index contributed by atoms with van der Waals surface area (Å²) in [5.74, 6) is 0.263. The van der Waals surface area contributed by atoms with Crippen molar-refractivity contribution in [3.63, 3.8) is 0 Å². The van der Waals surface area contributed by atoms with E-state index in [1.54, 1.807) is 0 Å². The molecule has 0 fully saturated rings. The molecule has 1 heterocycles. The van der Waals surface area contributed by atoms with E-state index in [1.165, 1.54) is 6.20 Å². The smallest absolute Gasteiger partial charge is 0.224 e. The molecule has 0 amide bonds. The summed E-state index contributed by atoms with van der Waals surface area (Å²) in [5.41, 5.74) is 0.0374. The van der Waals surface area contributed by atoms with Crippen LogP contribution in [0.3, 0.4) is 0 Å². The van der Waals surface area contributed by atoms with E-state index in [2.05, 4.69) is 41.4 Å². The summed E-state index contributed by atoms with van der Waals surface area (Å²) < 4.78 is 13.5. The lowest BCUT2D eigenvalue weighted by molar-refractivity contribution is 0.357. The lowest BCUT2D eigenvalue weighted by atomic mass is 9.88. The van der Waals surface area contributed by atoms with E-state index >= 15 is 0 Å². The molecule has 0 saturated carbocycles. The van der Waals surface area contributed by atoms with Gasteiger partial charge in [-0.3, -0.25) is 0 Å². The molecular weight excluding hydrogens is 219 g/mol. The first-order valence-corrected chi connectivity index (χ1v) is 5.87. The van der Waals surface area contributed by atoms with E-state index in [1.807, 2.05) is 13.8 Å². The predicted octanol–water partition coefficient (Wildman–Crippen LogP) is 2.89. The van der Waals surface area contributed by atoms with Crippen molar-refractivity contribution in [3.8, 4) is 0 Å². The van der Waals surface area contributed by atoms with Gasteiger partial charge in [-0.05, 0) is 19.3 Å². The van der Waals surface area contributed by atoms with Crippen LogP contribution in [-0.2, 0) is 0 Å². The van der Waals surface area contributed by atoms with Gasteiger partial charge in [-0.2, -0.15) is 4.98 Å². The summed E-state index contributed by atoms with van der Waals surface area (Å²) in [6.45, 7) is 10.9. The van der Waals surface area contributed by atoms with Gasteiger partial charge in [0.15, 0.2) is 11.6 Å². The van der Waals surface area contributed by atoms with Crippen LogP contribution in [0.2, 0.25) is 0 Å². The van der Waals surface area contributed by atoms with Crippen LogP contribution in [0.5, 0.6) is 0 Å². The van der Waals surface area contributed by atoms with Gasteiger partial charge in [0, 0.05) is 12.6 Å². The second-order valence-corrected chi connectivity index (χ2v) is 5.15. The molecule has 0 bridgehead atoms. The lowest BCUT2D eigenvalue weighted by Gasteiger charge is -2.28. The van der Waals surface area contributed by atoms with Crippen molar-refractivity contribution in [2.75, 3.05) is 17.2 Å². The van der Waals surface area contributed by atoms with Gasteiger partial charge >= 0.3 is 0 Å². The Hall–Kier alpha value is -1.39. The van der Waals surface area contributed by atoms with Crippen LogP contribution in [0.4, 0.5) is 16.2 Å². The maximum absolute atomic E-state index is 13.5. The zero-order valence-corrected chi connectivity index (χ0v) is 11.1. The molecule has 0 aromatic carbocycles. The fourth-order valence-electron chi connectivity index (χ4n) is 1.13. The summed E-state index contributed by atoms with van der Waals surface area (Å²) >= 11 is 0. The Bertz CT molecular complexity index is 373. The third-order valence-corrected chi connectivity index (χ3v) is 2.73. The van der Waals surface area contributed by atoms with Crippen LogP contribution < -0.4 is 10.6 Å². The molecule has 17 heavy (non-hydrogen) atoms. The summed E-state index contributed by atoms with van der Waals surface area (Å²) in [4.78, 5) is 7.97. The number of hydrogen-bond donors (Lipinski definition) is 2. The van der Waals surface area contributed by atoms with Gasteiger partial charge in [-0.15, -0.1) is 0 Å². The number of hydrogen-bond acceptors (Lipinski definition) is 4. The highest BCUT2D eigenvalue weighted by molar-refractivity contribution is 5.42. The molecule has 1 rings (SSSR count). The van der Waals surface area contributed by atoms with Crippen LogP contribution in [0.1, 0.15) is 34.6 Å². The van der Waals surface area contributed by atoms with Gasteiger partial charge in [0.05, 0.1) is 6.20 Å². The predicted molar refractivity (Wildman–Crippen MR) is 68.7 cm³/mol. The first-order chi connectivity index (χ1) is 7.84. The third kappa shape index (κ3) is 3.84. The van der Waals surface area contributed by atoms with Crippen molar-refractivity contribution < 1.29 is 4.39 Å². The van der Waals surface area contributed by atoms with Gasteiger partial charge in [0.25, 0.3) is 0 Å². The first-order valence-electron chi connectivity index (χ1n) is 5.87. The largest absolute Gasteiger partial charge is 0.364 e. The minimum absolute atomic E-state index is 0.0374. The maximum Gasteiger partial charge on any atom is 0.224 e. The zero-order valence-electron chi connectivity index (χ0n) is 11.1. The highest BCUT2D eigenvalue weighted by atomic mass is 19.1. The molecule has 1 aromatic heterocycles. The highest BCUT2D eigenvalue weighted by Crippen LogP contribution is 2.23. The van der Waals surface area contributed by atoms with Crippen LogP contribution in [0, 0.1) is 11.2 Å². The molecule has 0 spiro atoms. The van der Waals surface area contributed by atoms with Crippen molar-refractivity contribution in [2.45, 2.75) is 40.7 Å². The zero-order chi connectivity index (χ0) is 13.1. The second-order valence-electron chi connectivity index (χ2n) is 5.15. The van der Waals surface area contributed by atoms with E-state index in [0.29, 0.717) is 12.5 Å². The molecular formula is C12H21FN4. The number of anilines is 2. The monoisotopic (exact) mass is 240 g/mol. The Morgan fingerprint density at radius 3 is 2.59 bits per heavy atom. The van der Waals surface area contributed by atoms with Crippen molar-refractivity contribution in [1.29, 1.82) is 0 Å². The molecule has 2 N–H and O–H groups in total. The minimum Gasteiger partial charge on any atom is -0.364 e. The second kappa shape index (κ2) is 5.29. The van der Waals surface area contributed by atoms with E-state index < -0.39 is 5.82 Å². The average molecular weight is 240 g/mol. The van der Waals surface area contributed by atoms with Gasteiger partial charge in [-0.25, -0.2) is 9.37 Å². The number of rotatable bonds is 4. The molecule has 0 saturated heterocycles. The summed E-state index contributed by atoms with van der Waals surface area (Å²) in [6.07, 6.45) is 1.18. The molecule has 0 aliphatic rings. The van der Waals surface area contributed by atoms with Gasteiger partial charge in [0.1, 0.15) is 0 Å². The Labute approximate surface area is 102 Å². The Balaban J connectivity index is 2.86. The summed E-state index contributed by atoms with van der Waals surface area (Å²) in [6, 6.07) is 0.112. The first kappa shape index (κ1) is 13.7. The number of nitrogens with one attached hydrogen (secondary N) is 2. The molecule has 1 unspecified atom stereocenters. The molecule has 4 nitrogen and oxygen atoms in total. The Morgan fingerprint density at radius 2 is 2.06 bits per heavy atom. The number of aromatic nitrogens is 2. The number of halogens is 1. The quantitative estimate of drug-likeness (QED) is 0.849. The Kier molecular flexibility index (Phi) is 4.26. The summed E-state index contributed by atoms with van der Waals surface area (Å²) in [7, 11) is 0. The Morgan fingerprint density at radius 1 is 1.41 bits per heavy atom. The van der Waals surface area contributed by atoms with Gasteiger partial charge in [-0.1, -0.05) is 20.8 Å². The molecule has 96 valence electrons. The van der Waals surface area contributed by atoms with Crippen LogP contribution >= 0.6 is 0 Å². The molecule has 1 aromatic rings. The van der Waals surface area contributed by atoms with Gasteiger partial charge in [0.2, 0.25) is 5.95 Å². The highest BCUT2D eigenvalue weighted by Gasteiger charge is 2.21. The lowest BCUT2D eigenvalue weighted by Crippen LogP contribution is -2.31. The van der Waals surface area contributed by atoms with Crippen molar-refractivity contribution in [1.82, 2.24) is 9.97 Å². The van der Waals surface area contributed by atoms with Crippen molar-refractivity contribution in [2.24, 2.45) is 5.41 Å². The van der Waals surface area contributed by atoms with Crippen molar-refractivity contribution in [3.05, 3.63) is 12.0 Å². The van der Waals surface area contributed by atoms with E-state index in [4.69, 9.17) is 0 Å². The molecule has 5 heteroatoms. The van der Waals surface area contributed by atoms with Crippen LogP contribution in [0.15, 0.2) is 6.20 Å².